The standard InChI is InChI=1S/C27H26FN3O2.C2H6/c1-18-24(20-12-14-21(15-13-20)30(2)3)27(33)31(17-16-19-8-5-4-6-9-19)26(29-18)22-10-7-11-23(28)25(22)32;1-2/h4-15,32H,16-17H2,1-3H3;1-2H3. The summed E-state index contributed by atoms with van der Waals surface area (Å²) in [5.41, 5.74) is 3.83. The van der Waals surface area contributed by atoms with Crippen LogP contribution in [0, 0.1) is 12.7 Å². The Balaban J connectivity index is 0.00000167. The first kappa shape index (κ1) is 25.7. The van der Waals surface area contributed by atoms with Crippen LogP contribution in [-0.4, -0.2) is 28.8 Å². The van der Waals surface area contributed by atoms with Crippen LogP contribution in [0.3, 0.4) is 0 Å². The maximum atomic E-state index is 14.1. The van der Waals surface area contributed by atoms with Gasteiger partial charge in [-0.05, 0) is 48.7 Å². The summed E-state index contributed by atoms with van der Waals surface area (Å²) in [5.74, 6) is -1.02. The minimum absolute atomic E-state index is 0.192. The molecule has 1 N–H and O–H groups in total. The summed E-state index contributed by atoms with van der Waals surface area (Å²) in [4.78, 5) is 20.4. The smallest absolute Gasteiger partial charge is 0.261 e. The molecule has 1 aromatic heterocycles. The summed E-state index contributed by atoms with van der Waals surface area (Å²) in [6.07, 6.45) is 0.591. The van der Waals surface area contributed by atoms with Gasteiger partial charge in [0.2, 0.25) is 0 Å². The first-order valence-electron chi connectivity index (χ1n) is 11.8. The van der Waals surface area contributed by atoms with Crippen LogP contribution in [0.25, 0.3) is 22.5 Å². The minimum Gasteiger partial charge on any atom is -0.504 e. The molecule has 0 saturated heterocycles. The number of anilines is 1. The van der Waals surface area contributed by atoms with Crippen molar-refractivity contribution in [2.45, 2.75) is 33.7 Å². The summed E-state index contributed by atoms with van der Waals surface area (Å²) in [6, 6.07) is 21.8. The number of phenols is 1. The second-order valence-corrected chi connectivity index (χ2v) is 8.17. The Morgan fingerprint density at radius 2 is 1.60 bits per heavy atom. The predicted octanol–water partition coefficient (Wildman–Crippen LogP) is 6.07. The van der Waals surface area contributed by atoms with Crippen molar-refractivity contribution in [2.75, 3.05) is 19.0 Å². The number of para-hydroxylation sites is 1. The van der Waals surface area contributed by atoms with Gasteiger partial charge in [0.05, 0.1) is 16.8 Å². The molecular weight excluding hydrogens is 441 g/mol. The summed E-state index contributed by atoms with van der Waals surface area (Å²) in [6.45, 7) is 6.10. The molecule has 0 amide bonds. The van der Waals surface area contributed by atoms with Crippen LogP contribution in [0.4, 0.5) is 10.1 Å². The normalized spacial score (nSPS) is 10.5. The highest BCUT2D eigenvalue weighted by atomic mass is 19.1. The molecule has 0 aliphatic carbocycles. The fourth-order valence-electron chi connectivity index (χ4n) is 3.91. The maximum Gasteiger partial charge on any atom is 0.261 e. The van der Waals surface area contributed by atoms with Crippen LogP contribution in [-0.2, 0) is 13.0 Å². The highest BCUT2D eigenvalue weighted by Gasteiger charge is 2.20. The van der Waals surface area contributed by atoms with Crippen LogP contribution >= 0.6 is 0 Å². The number of benzene rings is 3. The largest absolute Gasteiger partial charge is 0.504 e. The van der Waals surface area contributed by atoms with E-state index in [1.807, 2.05) is 87.4 Å². The molecule has 35 heavy (non-hydrogen) atoms. The highest BCUT2D eigenvalue weighted by Crippen LogP contribution is 2.31. The Bertz CT molecular complexity index is 1330. The molecule has 0 unspecified atom stereocenters. The molecule has 3 aromatic carbocycles. The van der Waals surface area contributed by atoms with E-state index in [-0.39, 0.29) is 16.9 Å². The van der Waals surface area contributed by atoms with Crippen molar-refractivity contribution in [2.24, 2.45) is 0 Å². The third kappa shape index (κ3) is 5.60. The van der Waals surface area contributed by atoms with E-state index in [0.29, 0.717) is 24.2 Å². The van der Waals surface area contributed by atoms with E-state index in [1.165, 1.54) is 16.7 Å². The molecule has 0 atom stereocenters. The molecule has 182 valence electrons. The molecule has 0 radical (unpaired) electrons. The fourth-order valence-corrected chi connectivity index (χ4v) is 3.91. The van der Waals surface area contributed by atoms with E-state index in [9.17, 15) is 14.3 Å². The van der Waals surface area contributed by atoms with Crippen molar-refractivity contribution < 1.29 is 9.50 Å². The molecule has 5 nitrogen and oxygen atoms in total. The van der Waals surface area contributed by atoms with Gasteiger partial charge in [0.25, 0.3) is 5.56 Å². The van der Waals surface area contributed by atoms with Crippen molar-refractivity contribution in [3.8, 4) is 28.3 Å². The van der Waals surface area contributed by atoms with Crippen LogP contribution < -0.4 is 10.5 Å². The summed E-state index contributed by atoms with van der Waals surface area (Å²) >= 11 is 0. The third-order valence-electron chi connectivity index (χ3n) is 5.72. The SMILES string of the molecule is CC.Cc1nc(-c2cccc(F)c2O)n(CCc2ccccc2)c(=O)c1-c1ccc(N(C)C)cc1. The zero-order chi connectivity index (χ0) is 25.5. The van der Waals surface area contributed by atoms with Gasteiger partial charge in [0.15, 0.2) is 11.6 Å². The lowest BCUT2D eigenvalue weighted by Crippen LogP contribution is -2.27. The number of nitrogens with zero attached hydrogens (tertiary/aromatic N) is 3. The van der Waals surface area contributed by atoms with E-state index in [2.05, 4.69) is 4.98 Å². The molecule has 4 aromatic rings. The molecule has 0 bridgehead atoms. The second-order valence-electron chi connectivity index (χ2n) is 8.17. The molecule has 1 heterocycles. The lowest BCUT2D eigenvalue weighted by Gasteiger charge is -2.18. The van der Waals surface area contributed by atoms with Gasteiger partial charge in [0, 0.05) is 26.3 Å². The van der Waals surface area contributed by atoms with Gasteiger partial charge in [-0.15, -0.1) is 0 Å². The molecule has 0 spiro atoms. The van der Waals surface area contributed by atoms with Gasteiger partial charge in [-0.1, -0.05) is 62.4 Å². The Kier molecular flexibility index (Phi) is 8.42. The Morgan fingerprint density at radius 3 is 2.23 bits per heavy atom. The van der Waals surface area contributed by atoms with Crippen molar-refractivity contribution in [1.29, 1.82) is 0 Å². The van der Waals surface area contributed by atoms with Crippen molar-refractivity contribution in [3.05, 3.63) is 100 Å². The third-order valence-corrected chi connectivity index (χ3v) is 5.72. The van der Waals surface area contributed by atoms with Crippen LogP contribution in [0.2, 0.25) is 0 Å². The highest BCUT2D eigenvalue weighted by molar-refractivity contribution is 5.71. The molecule has 4 rings (SSSR count). The number of hydrogen-bond donors (Lipinski definition) is 1. The number of phenolic OH excluding ortho intramolecular Hbond substituents is 1. The van der Waals surface area contributed by atoms with Gasteiger partial charge in [-0.3, -0.25) is 9.36 Å². The number of aromatic nitrogens is 2. The molecule has 0 fully saturated rings. The lowest BCUT2D eigenvalue weighted by molar-refractivity contribution is 0.433. The van der Waals surface area contributed by atoms with Crippen LogP contribution in [0.15, 0.2) is 77.6 Å². The Hall–Kier alpha value is -3.93. The van der Waals surface area contributed by atoms with Gasteiger partial charge in [-0.25, -0.2) is 9.37 Å². The molecule has 0 aliphatic rings. The zero-order valence-electron chi connectivity index (χ0n) is 20.9. The monoisotopic (exact) mass is 473 g/mol. The molecular formula is C29H32FN3O2. The average molecular weight is 474 g/mol. The number of aromatic hydroxyl groups is 1. The van der Waals surface area contributed by atoms with E-state index in [1.54, 1.807) is 13.0 Å². The van der Waals surface area contributed by atoms with Gasteiger partial charge in [0.1, 0.15) is 5.82 Å². The van der Waals surface area contributed by atoms with E-state index < -0.39 is 11.6 Å². The quantitative estimate of drug-likeness (QED) is 0.370. The van der Waals surface area contributed by atoms with Crippen LogP contribution in [0.1, 0.15) is 25.1 Å². The number of rotatable bonds is 6. The van der Waals surface area contributed by atoms with Crippen LogP contribution in [0.5, 0.6) is 5.75 Å². The fraction of sp³-hybridized carbons (Fsp3) is 0.241. The summed E-state index contributed by atoms with van der Waals surface area (Å²) < 4.78 is 15.7. The average Bonchev–Trinajstić information content (AvgIpc) is 2.87. The maximum absolute atomic E-state index is 14.1. The zero-order valence-corrected chi connectivity index (χ0v) is 20.9. The summed E-state index contributed by atoms with van der Waals surface area (Å²) in [7, 11) is 3.91. The van der Waals surface area contributed by atoms with Crippen molar-refractivity contribution in [1.82, 2.24) is 9.55 Å². The lowest BCUT2D eigenvalue weighted by atomic mass is 10.0. The van der Waals surface area contributed by atoms with Crippen molar-refractivity contribution >= 4 is 5.69 Å². The van der Waals surface area contributed by atoms with Gasteiger partial charge in [-0.2, -0.15) is 0 Å². The topological polar surface area (TPSA) is 58.4 Å². The Labute approximate surface area is 206 Å². The van der Waals surface area contributed by atoms with Gasteiger partial charge < -0.3 is 10.0 Å². The van der Waals surface area contributed by atoms with E-state index in [4.69, 9.17) is 0 Å². The molecule has 6 heteroatoms. The van der Waals surface area contributed by atoms with E-state index in [0.717, 1.165) is 16.8 Å². The van der Waals surface area contributed by atoms with Crippen molar-refractivity contribution in [3.63, 3.8) is 0 Å². The first-order chi connectivity index (χ1) is 16.9. The van der Waals surface area contributed by atoms with E-state index >= 15 is 0 Å². The minimum atomic E-state index is -0.752. The molecule has 0 aliphatic heterocycles. The number of halogens is 1. The molecule has 0 saturated carbocycles. The number of aryl methyl sites for hydroxylation is 2. The predicted molar refractivity (Wildman–Crippen MR) is 142 cm³/mol. The second kappa shape index (κ2) is 11.5. The Morgan fingerprint density at radius 1 is 0.943 bits per heavy atom. The van der Waals surface area contributed by atoms with Gasteiger partial charge >= 0.3 is 0 Å². The number of hydrogen-bond acceptors (Lipinski definition) is 4. The summed E-state index contributed by atoms with van der Waals surface area (Å²) in [5, 5.41) is 10.4. The first-order valence-corrected chi connectivity index (χ1v) is 11.8.